The highest BCUT2D eigenvalue weighted by molar-refractivity contribution is 7.89. The number of halogens is 1. The van der Waals surface area contributed by atoms with Gasteiger partial charge in [-0.2, -0.15) is 0 Å². The molecule has 1 fully saturated rings. The molecule has 1 aromatic rings. The molecule has 1 aliphatic carbocycles. The fourth-order valence-corrected chi connectivity index (χ4v) is 3.28. The van der Waals surface area contributed by atoms with Crippen LogP contribution in [0.1, 0.15) is 12.8 Å². The average Bonchev–Trinajstić information content (AvgIpc) is 2.22. The first-order valence-electron chi connectivity index (χ1n) is 5.52. The lowest BCUT2D eigenvalue weighted by Crippen LogP contribution is -2.47. The molecule has 1 aliphatic rings. The number of ether oxygens (including phenoxy) is 1. The van der Waals surface area contributed by atoms with Crippen LogP contribution < -0.4 is 10.5 Å². The van der Waals surface area contributed by atoms with Gasteiger partial charge in [0.05, 0.1) is 11.8 Å². The van der Waals surface area contributed by atoms with E-state index in [-0.39, 0.29) is 22.7 Å². The second kappa shape index (κ2) is 4.83. The highest BCUT2D eigenvalue weighted by atomic mass is 32.2. The maximum Gasteiger partial charge on any atom is 0.242 e. The van der Waals surface area contributed by atoms with Gasteiger partial charge in [0.2, 0.25) is 10.0 Å². The molecule has 0 spiro atoms. The fourth-order valence-electron chi connectivity index (χ4n) is 1.90. The van der Waals surface area contributed by atoms with E-state index in [1.807, 2.05) is 0 Å². The third-order valence-corrected chi connectivity index (χ3v) is 4.61. The number of nitrogens with two attached hydrogens (primary N) is 1. The Morgan fingerprint density at radius 1 is 1.44 bits per heavy atom. The summed E-state index contributed by atoms with van der Waals surface area (Å²) in [5, 5.41) is 0. The lowest BCUT2D eigenvalue weighted by atomic mass is 9.90. The first kappa shape index (κ1) is 13.3. The number of methoxy groups -OCH3 is 1. The van der Waals surface area contributed by atoms with Crippen molar-refractivity contribution >= 4 is 15.7 Å². The van der Waals surface area contributed by atoms with Crippen molar-refractivity contribution in [2.24, 2.45) is 0 Å². The molecule has 0 aliphatic heterocycles. The third-order valence-electron chi connectivity index (χ3n) is 3.01. The molecule has 0 unspecified atom stereocenters. The zero-order valence-corrected chi connectivity index (χ0v) is 10.7. The van der Waals surface area contributed by atoms with Crippen molar-refractivity contribution < 1.29 is 17.5 Å². The second-order valence-corrected chi connectivity index (χ2v) is 6.01. The van der Waals surface area contributed by atoms with Crippen molar-refractivity contribution in [3.63, 3.8) is 0 Å². The lowest BCUT2D eigenvalue weighted by molar-refractivity contribution is 0.0236. The number of nitrogen functional groups attached to an aromatic ring is 1. The number of hydrogen-bond donors (Lipinski definition) is 2. The highest BCUT2D eigenvalue weighted by Gasteiger charge is 2.33. The van der Waals surface area contributed by atoms with Gasteiger partial charge >= 0.3 is 0 Å². The van der Waals surface area contributed by atoms with Crippen LogP contribution in [0.2, 0.25) is 0 Å². The molecule has 0 heterocycles. The van der Waals surface area contributed by atoms with Gasteiger partial charge in [-0.15, -0.1) is 0 Å². The number of nitrogens with one attached hydrogen (secondary N) is 1. The highest BCUT2D eigenvalue weighted by Crippen LogP contribution is 2.26. The van der Waals surface area contributed by atoms with Crippen LogP contribution in [0, 0.1) is 5.82 Å². The van der Waals surface area contributed by atoms with Gasteiger partial charge in [0, 0.05) is 13.2 Å². The molecule has 1 aromatic carbocycles. The summed E-state index contributed by atoms with van der Waals surface area (Å²) in [7, 11) is -2.11. The zero-order valence-electron chi connectivity index (χ0n) is 9.89. The summed E-state index contributed by atoms with van der Waals surface area (Å²) in [6, 6.07) is 3.08. The van der Waals surface area contributed by atoms with E-state index in [4.69, 9.17) is 10.5 Å². The molecule has 100 valence electrons. The number of anilines is 1. The number of benzene rings is 1. The quantitative estimate of drug-likeness (QED) is 0.798. The summed E-state index contributed by atoms with van der Waals surface area (Å²) in [6.07, 6.45) is 1.37. The molecule has 18 heavy (non-hydrogen) atoms. The Morgan fingerprint density at radius 3 is 2.67 bits per heavy atom. The molecule has 0 radical (unpaired) electrons. The minimum Gasteiger partial charge on any atom is -0.398 e. The van der Waals surface area contributed by atoms with E-state index < -0.39 is 15.8 Å². The topological polar surface area (TPSA) is 81.4 Å². The Labute approximate surface area is 105 Å². The Balaban J connectivity index is 2.11. The molecule has 0 bridgehead atoms. The maximum absolute atomic E-state index is 12.9. The maximum atomic E-state index is 12.9. The molecular formula is C11H15FN2O3S. The van der Waals surface area contributed by atoms with Crippen LogP contribution in [-0.4, -0.2) is 27.7 Å². The second-order valence-electron chi connectivity index (χ2n) is 4.33. The molecule has 0 saturated heterocycles. The molecule has 3 N–H and O–H groups in total. The molecule has 0 amide bonds. The van der Waals surface area contributed by atoms with E-state index >= 15 is 0 Å². The third kappa shape index (κ3) is 2.63. The SMILES string of the molecule is COC1CC(NS(=O)(=O)c2ccc(F)cc2N)C1. The van der Waals surface area contributed by atoms with Gasteiger partial charge in [0.15, 0.2) is 0 Å². The van der Waals surface area contributed by atoms with E-state index in [0.29, 0.717) is 12.8 Å². The van der Waals surface area contributed by atoms with E-state index in [1.165, 1.54) is 6.07 Å². The average molecular weight is 274 g/mol. The van der Waals surface area contributed by atoms with Crippen LogP contribution in [0.25, 0.3) is 0 Å². The first-order chi connectivity index (χ1) is 8.42. The number of hydrogen-bond acceptors (Lipinski definition) is 4. The summed E-state index contributed by atoms with van der Waals surface area (Å²) in [6.45, 7) is 0. The van der Waals surface area contributed by atoms with Crippen LogP contribution in [0.3, 0.4) is 0 Å². The standard InChI is InChI=1S/C11H15FN2O3S/c1-17-9-5-8(6-9)14-18(15,16)11-3-2-7(12)4-10(11)13/h2-4,8-9,14H,5-6,13H2,1H3. The van der Waals surface area contributed by atoms with E-state index in [9.17, 15) is 12.8 Å². The first-order valence-corrected chi connectivity index (χ1v) is 7.01. The van der Waals surface area contributed by atoms with Gasteiger partial charge < -0.3 is 10.5 Å². The van der Waals surface area contributed by atoms with E-state index in [2.05, 4.69) is 4.72 Å². The normalized spacial score (nSPS) is 23.7. The molecule has 5 nitrogen and oxygen atoms in total. The van der Waals surface area contributed by atoms with Gasteiger partial charge in [0.1, 0.15) is 10.7 Å². The smallest absolute Gasteiger partial charge is 0.242 e. The molecule has 1 saturated carbocycles. The van der Waals surface area contributed by atoms with Crippen molar-refractivity contribution in [3.05, 3.63) is 24.0 Å². The Kier molecular flexibility index (Phi) is 3.56. The van der Waals surface area contributed by atoms with Crippen LogP contribution in [-0.2, 0) is 14.8 Å². The van der Waals surface area contributed by atoms with Crippen molar-refractivity contribution in [2.75, 3.05) is 12.8 Å². The predicted molar refractivity (Wildman–Crippen MR) is 65.0 cm³/mol. The molecular weight excluding hydrogens is 259 g/mol. The molecule has 2 rings (SSSR count). The predicted octanol–water partition coefficient (Wildman–Crippen LogP) is 0.864. The van der Waals surface area contributed by atoms with Crippen LogP contribution in [0.15, 0.2) is 23.1 Å². The van der Waals surface area contributed by atoms with Crippen molar-refractivity contribution in [3.8, 4) is 0 Å². The van der Waals surface area contributed by atoms with Crippen LogP contribution in [0.4, 0.5) is 10.1 Å². The van der Waals surface area contributed by atoms with Gasteiger partial charge in [-0.25, -0.2) is 17.5 Å². The van der Waals surface area contributed by atoms with E-state index in [0.717, 1.165) is 12.1 Å². The van der Waals surface area contributed by atoms with Gasteiger partial charge in [0.25, 0.3) is 0 Å². The largest absolute Gasteiger partial charge is 0.398 e. The minimum absolute atomic E-state index is 0.0925. The molecule has 7 heteroatoms. The zero-order chi connectivity index (χ0) is 13.3. The van der Waals surface area contributed by atoms with Gasteiger partial charge in [-0.05, 0) is 31.0 Å². The van der Waals surface area contributed by atoms with Gasteiger partial charge in [-0.1, -0.05) is 0 Å². The number of rotatable bonds is 4. The summed E-state index contributed by atoms with van der Waals surface area (Å²) < 4.78 is 44.5. The van der Waals surface area contributed by atoms with Crippen molar-refractivity contribution in [1.29, 1.82) is 0 Å². The van der Waals surface area contributed by atoms with E-state index in [1.54, 1.807) is 7.11 Å². The Bertz CT molecular complexity index is 541. The molecule has 0 aromatic heterocycles. The monoisotopic (exact) mass is 274 g/mol. The van der Waals surface area contributed by atoms with Crippen LogP contribution in [0.5, 0.6) is 0 Å². The fraction of sp³-hybridized carbons (Fsp3) is 0.455. The summed E-state index contributed by atoms with van der Waals surface area (Å²) in [5.41, 5.74) is 5.42. The van der Waals surface area contributed by atoms with Crippen molar-refractivity contribution in [2.45, 2.75) is 29.9 Å². The molecule has 0 atom stereocenters. The van der Waals surface area contributed by atoms with Gasteiger partial charge in [-0.3, -0.25) is 0 Å². The number of sulfonamides is 1. The summed E-state index contributed by atoms with van der Waals surface area (Å²) >= 11 is 0. The minimum atomic E-state index is -3.70. The Hall–Kier alpha value is -1.18. The Morgan fingerprint density at radius 2 is 2.11 bits per heavy atom. The lowest BCUT2D eigenvalue weighted by Gasteiger charge is -2.34. The van der Waals surface area contributed by atoms with Crippen molar-refractivity contribution in [1.82, 2.24) is 4.72 Å². The summed E-state index contributed by atoms with van der Waals surface area (Å²) in [4.78, 5) is -0.0928. The van der Waals surface area contributed by atoms with Crippen LogP contribution >= 0.6 is 0 Å². The summed E-state index contributed by atoms with van der Waals surface area (Å²) in [5.74, 6) is -0.561.